The third-order valence-electron chi connectivity index (χ3n) is 5.88. The van der Waals surface area contributed by atoms with Crippen LogP contribution in [0.15, 0.2) is 114 Å². The van der Waals surface area contributed by atoms with Crippen LogP contribution in [0.5, 0.6) is 5.75 Å². The molecular formula is C29H27ClN2O4S. The van der Waals surface area contributed by atoms with Crippen molar-refractivity contribution in [3.8, 4) is 5.75 Å². The summed E-state index contributed by atoms with van der Waals surface area (Å²) in [6.45, 7) is 0. The van der Waals surface area contributed by atoms with E-state index in [1.807, 2.05) is 91.0 Å². The van der Waals surface area contributed by atoms with Crippen LogP contribution in [0.25, 0.3) is 0 Å². The third-order valence-corrected chi connectivity index (χ3v) is 7.65. The Labute approximate surface area is 222 Å². The largest absolute Gasteiger partial charge is 0.495 e. The van der Waals surface area contributed by atoms with Gasteiger partial charge in [-0.1, -0.05) is 103 Å². The van der Waals surface area contributed by atoms with Crippen molar-refractivity contribution in [2.24, 2.45) is 0 Å². The first-order valence-electron chi connectivity index (χ1n) is 11.7. The second kappa shape index (κ2) is 12.1. The van der Waals surface area contributed by atoms with Crippen molar-refractivity contribution < 1.29 is 17.9 Å². The van der Waals surface area contributed by atoms with Gasteiger partial charge in [0, 0.05) is 0 Å². The number of methoxy groups -OCH3 is 1. The van der Waals surface area contributed by atoms with Gasteiger partial charge in [0.05, 0.1) is 23.1 Å². The van der Waals surface area contributed by atoms with Gasteiger partial charge in [0.2, 0.25) is 15.9 Å². The van der Waals surface area contributed by atoms with Crippen molar-refractivity contribution in [3.05, 3.63) is 131 Å². The predicted octanol–water partition coefficient (Wildman–Crippen LogP) is 5.14. The van der Waals surface area contributed by atoms with Crippen LogP contribution >= 0.6 is 11.6 Å². The van der Waals surface area contributed by atoms with Gasteiger partial charge in [-0.3, -0.25) is 4.79 Å². The number of carbonyl (C=O) groups excluding carboxylic acids is 1. The lowest BCUT2D eigenvalue weighted by molar-refractivity contribution is -0.123. The molecule has 8 heteroatoms. The van der Waals surface area contributed by atoms with Gasteiger partial charge in [0.1, 0.15) is 11.8 Å². The van der Waals surface area contributed by atoms with Crippen LogP contribution in [-0.2, 0) is 21.2 Å². The van der Waals surface area contributed by atoms with E-state index in [1.165, 1.54) is 25.3 Å². The van der Waals surface area contributed by atoms with E-state index in [-0.39, 0.29) is 16.3 Å². The quantitative estimate of drug-likeness (QED) is 0.295. The third kappa shape index (κ3) is 6.77. The molecule has 4 rings (SSSR count). The molecule has 0 saturated carbocycles. The van der Waals surface area contributed by atoms with E-state index >= 15 is 0 Å². The molecule has 4 aromatic carbocycles. The van der Waals surface area contributed by atoms with Crippen molar-refractivity contribution in [2.45, 2.75) is 23.4 Å². The van der Waals surface area contributed by atoms with Crippen LogP contribution in [0.2, 0.25) is 5.02 Å². The van der Waals surface area contributed by atoms with Gasteiger partial charge in [-0.25, -0.2) is 8.42 Å². The molecule has 1 atom stereocenters. The number of halogens is 1. The first kappa shape index (κ1) is 26.4. The molecule has 0 unspecified atom stereocenters. The molecule has 1 amide bonds. The van der Waals surface area contributed by atoms with E-state index in [0.717, 1.165) is 16.7 Å². The fourth-order valence-corrected chi connectivity index (χ4v) is 5.54. The zero-order chi connectivity index (χ0) is 26.3. The normalized spacial score (nSPS) is 12.2. The molecular weight excluding hydrogens is 508 g/mol. The Hall–Kier alpha value is -3.65. The molecule has 0 saturated heterocycles. The molecule has 0 aliphatic heterocycles. The molecule has 0 heterocycles. The van der Waals surface area contributed by atoms with E-state index in [4.69, 9.17) is 16.3 Å². The van der Waals surface area contributed by atoms with E-state index in [0.29, 0.717) is 5.75 Å². The summed E-state index contributed by atoms with van der Waals surface area (Å²) in [5.74, 6) is -0.0995. The first-order chi connectivity index (χ1) is 17.9. The van der Waals surface area contributed by atoms with Gasteiger partial charge in [-0.2, -0.15) is 4.72 Å². The van der Waals surface area contributed by atoms with Crippen LogP contribution in [0.3, 0.4) is 0 Å². The summed E-state index contributed by atoms with van der Waals surface area (Å²) in [4.78, 5) is 13.6. The Kier molecular flexibility index (Phi) is 8.61. The molecule has 0 aromatic heterocycles. The highest BCUT2D eigenvalue weighted by molar-refractivity contribution is 7.89. The zero-order valence-electron chi connectivity index (χ0n) is 20.2. The summed E-state index contributed by atoms with van der Waals surface area (Å²) in [6, 6.07) is 31.0. The van der Waals surface area contributed by atoms with Gasteiger partial charge in [-0.15, -0.1) is 0 Å². The fourth-order valence-electron chi connectivity index (χ4n) is 4.00. The summed E-state index contributed by atoms with van der Waals surface area (Å²) in [7, 11) is -2.64. The predicted molar refractivity (Wildman–Crippen MR) is 145 cm³/mol. The smallest absolute Gasteiger partial charge is 0.241 e. The van der Waals surface area contributed by atoms with Gasteiger partial charge in [0.25, 0.3) is 0 Å². The number of carbonyl (C=O) groups is 1. The summed E-state index contributed by atoms with van der Waals surface area (Å²) < 4.78 is 34.4. The van der Waals surface area contributed by atoms with Gasteiger partial charge in [0.15, 0.2) is 0 Å². The summed E-state index contributed by atoms with van der Waals surface area (Å²) in [5.41, 5.74) is 2.57. The van der Waals surface area contributed by atoms with E-state index in [1.54, 1.807) is 0 Å². The minimum absolute atomic E-state index is 0.0631. The molecule has 0 aliphatic carbocycles. The first-order valence-corrected chi connectivity index (χ1v) is 13.5. The Bertz CT molecular complexity index is 1390. The number of hydrogen-bond acceptors (Lipinski definition) is 4. The highest BCUT2D eigenvalue weighted by Gasteiger charge is 2.29. The SMILES string of the molecule is COc1ccc(S(=O)(=O)N[C@@H](Cc2ccccc2)C(=O)NC(c2ccccc2)c2ccccc2)cc1Cl. The van der Waals surface area contributed by atoms with Gasteiger partial charge in [-0.05, 0) is 41.3 Å². The number of nitrogens with one attached hydrogen (secondary N) is 2. The maximum atomic E-state index is 13.7. The fraction of sp³-hybridized carbons (Fsp3) is 0.138. The lowest BCUT2D eigenvalue weighted by atomic mass is 9.97. The summed E-state index contributed by atoms with van der Waals surface area (Å²) in [5, 5.41) is 3.22. The lowest BCUT2D eigenvalue weighted by Crippen LogP contribution is -2.49. The molecule has 0 spiro atoms. The summed E-state index contributed by atoms with van der Waals surface area (Å²) in [6.07, 6.45) is 0.159. The van der Waals surface area contributed by atoms with Gasteiger partial charge < -0.3 is 10.1 Å². The maximum absolute atomic E-state index is 13.7. The number of benzene rings is 4. The van der Waals surface area contributed by atoms with E-state index in [9.17, 15) is 13.2 Å². The van der Waals surface area contributed by atoms with Crippen molar-refractivity contribution in [1.82, 2.24) is 10.0 Å². The molecule has 37 heavy (non-hydrogen) atoms. The van der Waals surface area contributed by atoms with E-state index < -0.39 is 28.0 Å². The second-order valence-electron chi connectivity index (χ2n) is 8.42. The average molecular weight is 535 g/mol. The maximum Gasteiger partial charge on any atom is 0.241 e. The monoisotopic (exact) mass is 534 g/mol. The number of hydrogen-bond donors (Lipinski definition) is 2. The average Bonchev–Trinajstić information content (AvgIpc) is 2.92. The lowest BCUT2D eigenvalue weighted by Gasteiger charge is -2.24. The number of amides is 1. The topological polar surface area (TPSA) is 84.5 Å². The van der Waals surface area contributed by atoms with E-state index in [2.05, 4.69) is 10.0 Å². The van der Waals surface area contributed by atoms with Crippen LogP contribution in [-0.4, -0.2) is 27.5 Å². The summed E-state index contributed by atoms with van der Waals surface area (Å²) >= 11 is 6.17. The Morgan fingerprint density at radius 2 is 1.38 bits per heavy atom. The van der Waals surface area contributed by atoms with Crippen molar-refractivity contribution in [2.75, 3.05) is 7.11 Å². The van der Waals surface area contributed by atoms with Crippen molar-refractivity contribution in [3.63, 3.8) is 0 Å². The number of rotatable bonds is 10. The Balaban J connectivity index is 1.66. The van der Waals surface area contributed by atoms with Crippen molar-refractivity contribution in [1.29, 1.82) is 0 Å². The minimum atomic E-state index is -4.09. The molecule has 0 bridgehead atoms. The highest BCUT2D eigenvalue weighted by atomic mass is 35.5. The van der Waals surface area contributed by atoms with Crippen LogP contribution in [0.1, 0.15) is 22.7 Å². The molecule has 0 aliphatic rings. The second-order valence-corrected chi connectivity index (χ2v) is 10.5. The zero-order valence-corrected chi connectivity index (χ0v) is 21.7. The van der Waals surface area contributed by atoms with Gasteiger partial charge >= 0.3 is 0 Å². The van der Waals surface area contributed by atoms with Crippen LogP contribution < -0.4 is 14.8 Å². The number of sulfonamides is 1. The number of ether oxygens (including phenoxy) is 1. The molecule has 190 valence electrons. The standard InChI is InChI=1S/C29H27ClN2O4S/c1-36-27-18-17-24(20-25(27)30)37(34,35)32-26(19-21-11-5-2-6-12-21)29(33)31-28(22-13-7-3-8-14-22)23-15-9-4-10-16-23/h2-18,20,26,28,32H,19H2,1H3,(H,31,33)/t26-/m0/s1. The Morgan fingerprint density at radius 3 is 1.89 bits per heavy atom. The van der Waals surface area contributed by atoms with Crippen LogP contribution in [0.4, 0.5) is 0 Å². The molecule has 0 radical (unpaired) electrons. The van der Waals surface area contributed by atoms with Crippen molar-refractivity contribution >= 4 is 27.5 Å². The highest BCUT2D eigenvalue weighted by Crippen LogP contribution is 2.27. The molecule has 2 N–H and O–H groups in total. The Morgan fingerprint density at radius 1 is 0.838 bits per heavy atom. The minimum Gasteiger partial charge on any atom is -0.495 e. The molecule has 0 fully saturated rings. The molecule has 4 aromatic rings. The van der Waals surface area contributed by atoms with Crippen LogP contribution in [0, 0.1) is 0 Å². The molecule has 6 nitrogen and oxygen atoms in total.